The van der Waals surface area contributed by atoms with Crippen molar-refractivity contribution < 1.29 is 10.0 Å². The molecule has 4 heteroatoms. The number of unbranched alkanes of at least 4 members (excludes halogenated alkanes) is 18. The second-order valence-corrected chi connectivity index (χ2v) is 8.49. The molecule has 4 nitrogen and oxygen atoms in total. The molecule has 0 heterocycles. The number of carbonyl (C=O) groups is 1. The molecule has 0 radical (unpaired) electrons. The number of hydrogen-bond acceptors (Lipinski definition) is 3. The maximum Gasteiger partial charge on any atom is 0.217 e. The molecular weight excluding hydrogens is 360 g/mol. The van der Waals surface area contributed by atoms with Crippen molar-refractivity contribution in [1.29, 1.82) is 0 Å². The van der Waals surface area contributed by atoms with Crippen LogP contribution in [0.4, 0.5) is 0 Å². The molecule has 1 amide bonds. The van der Waals surface area contributed by atoms with Crippen LogP contribution >= 0.6 is 0 Å². The van der Waals surface area contributed by atoms with E-state index in [9.17, 15) is 4.79 Å². The van der Waals surface area contributed by atoms with Crippen LogP contribution in [0, 0.1) is 0 Å². The van der Waals surface area contributed by atoms with E-state index in [1.165, 1.54) is 116 Å². The molecule has 0 aromatic heterocycles. The molecule has 4 N–H and O–H groups in total. The van der Waals surface area contributed by atoms with E-state index in [1.807, 2.05) is 12.4 Å². The molecule has 0 aliphatic carbocycles. The van der Waals surface area contributed by atoms with Crippen molar-refractivity contribution in [3.8, 4) is 0 Å². The number of primary amides is 1. The predicted octanol–water partition coefficient (Wildman–Crippen LogP) is 7.67. The van der Waals surface area contributed by atoms with Crippen LogP contribution in [0.5, 0.6) is 0 Å². The van der Waals surface area contributed by atoms with E-state index in [4.69, 9.17) is 10.9 Å². The van der Waals surface area contributed by atoms with Gasteiger partial charge >= 0.3 is 0 Å². The van der Waals surface area contributed by atoms with Crippen molar-refractivity contribution in [1.82, 2.24) is 5.48 Å². The van der Waals surface area contributed by atoms with Gasteiger partial charge in [0.05, 0.1) is 0 Å². The lowest BCUT2D eigenvalue weighted by Gasteiger charge is -2.03. The van der Waals surface area contributed by atoms with Crippen LogP contribution < -0.4 is 11.2 Å². The Balaban J connectivity index is 0. The molecule has 0 aliphatic rings. The standard InChI is InChI=1S/C22H45NO.C3H9NO/c1-2-3-4-5-6-7-8-9-10-11-12-13-14-15-16-17-18-19-20-21-22(23)24;1-2-3-4-5/h2-21H2,1H3,(H2,23,24);4-5H,2-3H2,1H3. The molecule has 0 atom stereocenters. The topological polar surface area (TPSA) is 75.4 Å². The molecule has 0 rings (SSSR count). The summed E-state index contributed by atoms with van der Waals surface area (Å²) >= 11 is 0. The van der Waals surface area contributed by atoms with E-state index in [0.717, 1.165) is 12.8 Å². The Morgan fingerprint density at radius 1 is 0.586 bits per heavy atom. The van der Waals surface area contributed by atoms with Gasteiger partial charge in [0.1, 0.15) is 0 Å². The largest absolute Gasteiger partial charge is 0.370 e. The molecule has 0 saturated heterocycles. The second-order valence-electron chi connectivity index (χ2n) is 8.49. The van der Waals surface area contributed by atoms with Gasteiger partial charge in [-0.15, -0.1) is 0 Å². The van der Waals surface area contributed by atoms with Gasteiger partial charge in [-0.1, -0.05) is 129 Å². The first kappa shape index (κ1) is 30.6. The van der Waals surface area contributed by atoms with Crippen LogP contribution in [0.25, 0.3) is 0 Å². The van der Waals surface area contributed by atoms with Crippen molar-refractivity contribution in [2.75, 3.05) is 6.54 Å². The maximum absolute atomic E-state index is 10.6. The maximum atomic E-state index is 10.6. The first-order valence-electron chi connectivity index (χ1n) is 12.8. The van der Waals surface area contributed by atoms with E-state index in [0.29, 0.717) is 13.0 Å². The number of rotatable bonds is 22. The van der Waals surface area contributed by atoms with Gasteiger partial charge in [0.2, 0.25) is 5.91 Å². The molecule has 176 valence electrons. The molecule has 0 aliphatic heterocycles. The normalized spacial score (nSPS) is 10.6. The third-order valence-electron chi connectivity index (χ3n) is 5.39. The monoisotopic (exact) mass is 414 g/mol. The third kappa shape index (κ3) is 35.2. The first-order chi connectivity index (χ1) is 14.2. The molecule has 0 aromatic carbocycles. The zero-order valence-corrected chi connectivity index (χ0v) is 20.0. The highest BCUT2D eigenvalue weighted by Gasteiger charge is 1.96. The fraction of sp³-hybridized carbons (Fsp3) is 0.960. The molecule has 0 spiro atoms. The van der Waals surface area contributed by atoms with Crippen molar-refractivity contribution >= 4 is 5.91 Å². The third-order valence-corrected chi connectivity index (χ3v) is 5.39. The summed E-state index contributed by atoms with van der Waals surface area (Å²) in [5, 5.41) is 7.82. The number of carbonyl (C=O) groups excluding carboxylic acids is 1. The molecule has 29 heavy (non-hydrogen) atoms. The van der Waals surface area contributed by atoms with E-state index in [-0.39, 0.29) is 5.91 Å². The number of hydrogen-bond donors (Lipinski definition) is 3. The van der Waals surface area contributed by atoms with Crippen molar-refractivity contribution in [3.05, 3.63) is 0 Å². The molecule has 0 unspecified atom stereocenters. The first-order valence-corrected chi connectivity index (χ1v) is 12.8. The number of hydroxylamine groups is 1. The van der Waals surface area contributed by atoms with Crippen molar-refractivity contribution in [3.63, 3.8) is 0 Å². The lowest BCUT2D eigenvalue weighted by Crippen LogP contribution is -2.09. The average molecular weight is 415 g/mol. The van der Waals surface area contributed by atoms with Crippen LogP contribution in [-0.4, -0.2) is 17.7 Å². The van der Waals surface area contributed by atoms with Gasteiger partial charge < -0.3 is 10.9 Å². The van der Waals surface area contributed by atoms with Gasteiger partial charge in [-0.25, -0.2) is 5.48 Å². The van der Waals surface area contributed by atoms with Gasteiger partial charge in [0, 0.05) is 13.0 Å². The minimum atomic E-state index is -0.151. The fourth-order valence-electron chi connectivity index (χ4n) is 3.49. The fourth-order valence-corrected chi connectivity index (χ4v) is 3.49. The summed E-state index contributed by atoms with van der Waals surface area (Å²) in [6, 6.07) is 0. The van der Waals surface area contributed by atoms with Gasteiger partial charge in [-0.2, -0.15) is 0 Å². The van der Waals surface area contributed by atoms with E-state index in [1.54, 1.807) is 0 Å². The van der Waals surface area contributed by atoms with Crippen LogP contribution in [-0.2, 0) is 4.79 Å². The van der Waals surface area contributed by atoms with Crippen LogP contribution in [0.2, 0.25) is 0 Å². The predicted molar refractivity (Wildman–Crippen MR) is 127 cm³/mol. The smallest absolute Gasteiger partial charge is 0.217 e. The minimum absolute atomic E-state index is 0.151. The van der Waals surface area contributed by atoms with E-state index < -0.39 is 0 Å². The molecular formula is C25H54N2O2. The highest BCUT2D eigenvalue weighted by atomic mass is 16.5. The Labute approximate surface area is 182 Å². The molecule has 0 bridgehead atoms. The highest BCUT2D eigenvalue weighted by Crippen LogP contribution is 2.14. The Hall–Kier alpha value is -0.610. The zero-order chi connectivity index (χ0) is 21.8. The Morgan fingerprint density at radius 3 is 1.10 bits per heavy atom. The second kappa shape index (κ2) is 29.6. The number of nitrogens with two attached hydrogens (primary N) is 1. The Bertz CT molecular complexity index is 297. The van der Waals surface area contributed by atoms with E-state index >= 15 is 0 Å². The highest BCUT2D eigenvalue weighted by molar-refractivity contribution is 5.73. The summed E-state index contributed by atoms with van der Waals surface area (Å²) in [4.78, 5) is 10.6. The van der Waals surface area contributed by atoms with Crippen molar-refractivity contribution in [2.24, 2.45) is 5.73 Å². The van der Waals surface area contributed by atoms with Crippen LogP contribution in [0.1, 0.15) is 149 Å². The lowest BCUT2D eigenvalue weighted by molar-refractivity contribution is -0.118. The summed E-state index contributed by atoms with van der Waals surface area (Å²) in [6.45, 7) is 4.97. The Morgan fingerprint density at radius 2 is 0.897 bits per heavy atom. The van der Waals surface area contributed by atoms with Crippen LogP contribution in [0.3, 0.4) is 0 Å². The Kier molecular flexibility index (Phi) is 31.2. The summed E-state index contributed by atoms with van der Waals surface area (Å²) in [7, 11) is 0. The quantitative estimate of drug-likeness (QED) is 0.126. The minimum Gasteiger partial charge on any atom is -0.370 e. The molecule has 0 aromatic rings. The van der Waals surface area contributed by atoms with Crippen LogP contribution in [0.15, 0.2) is 0 Å². The summed E-state index contributed by atoms with van der Waals surface area (Å²) in [5.41, 5.74) is 7.15. The van der Waals surface area contributed by atoms with Gasteiger partial charge in [-0.3, -0.25) is 4.79 Å². The summed E-state index contributed by atoms with van der Waals surface area (Å²) in [5.74, 6) is -0.151. The summed E-state index contributed by atoms with van der Waals surface area (Å²) in [6.07, 6.45) is 27.8. The molecule has 0 saturated carbocycles. The van der Waals surface area contributed by atoms with Gasteiger partial charge in [0.15, 0.2) is 0 Å². The average Bonchev–Trinajstić information content (AvgIpc) is 2.70. The van der Waals surface area contributed by atoms with Crippen molar-refractivity contribution in [2.45, 2.75) is 149 Å². The summed E-state index contributed by atoms with van der Waals surface area (Å²) < 4.78 is 0. The SMILES string of the molecule is CCCCCCCCCCCCCCCCCCCCCC(N)=O.CCCNO. The zero-order valence-electron chi connectivity index (χ0n) is 20.0. The lowest BCUT2D eigenvalue weighted by atomic mass is 10.0. The number of amides is 1. The number of nitrogens with one attached hydrogen (secondary N) is 1. The van der Waals surface area contributed by atoms with Gasteiger partial charge in [-0.05, 0) is 12.8 Å². The van der Waals surface area contributed by atoms with Gasteiger partial charge in [0.25, 0.3) is 0 Å². The van der Waals surface area contributed by atoms with E-state index in [2.05, 4.69) is 6.92 Å². The molecule has 0 fully saturated rings.